The van der Waals surface area contributed by atoms with Crippen molar-refractivity contribution in [3.05, 3.63) is 35.9 Å². The molecule has 0 unspecified atom stereocenters. The van der Waals surface area contributed by atoms with Crippen molar-refractivity contribution < 1.29 is 9.90 Å². The van der Waals surface area contributed by atoms with Gasteiger partial charge in [-0.1, -0.05) is 30.3 Å². The second kappa shape index (κ2) is 6.49. The molecule has 4 rings (SSSR count). The molecule has 3 heterocycles. The van der Waals surface area contributed by atoms with Gasteiger partial charge in [0.2, 0.25) is 0 Å². The number of aliphatic hydroxyl groups is 1. The molecule has 0 aromatic heterocycles. The number of piperidine rings is 3. The van der Waals surface area contributed by atoms with Crippen LogP contribution in [0.4, 0.5) is 0 Å². The maximum atomic E-state index is 12.2. The standard InChI is InChI=1S/C20H28N2O2/c1-14(23)20(24)21-11-15-10-17(13-21)19-9-5-8-18(22(19)12-15)16-6-3-2-4-7-16/h2-4,6-7,14-15,17-19,23H,5,8-13H2,1H3/t14-,15-,17+,18+,19-/m0/s1. The van der Waals surface area contributed by atoms with Crippen LogP contribution in [-0.4, -0.2) is 52.6 Å². The predicted octanol–water partition coefficient (Wildman–Crippen LogP) is 2.44. The molecule has 4 heteroatoms. The molecule has 2 bridgehead atoms. The van der Waals surface area contributed by atoms with Gasteiger partial charge in [-0.05, 0) is 50.0 Å². The van der Waals surface area contributed by atoms with Gasteiger partial charge in [-0.15, -0.1) is 0 Å². The van der Waals surface area contributed by atoms with Crippen LogP contribution in [0.2, 0.25) is 0 Å². The highest BCUT2D eigenvalue weighted by Gasteiger charge is 2.45. The van der Waals surface area contributed by atoms with E-state index in [0.717, 1.165) is 19.6 Å². The average Bonchev–Trinajstić information content (AvgIpc) is 2.61. The molecule has 0 saturated carbocycles. The highest BCUT2D eigenvalue weighted by molar-refractivity contribution is 5.80. The van der Waals surface area contributed by atoms with Gasteiger partial charge in [0.25, 0.3) is 5.91 Å². The van der Waals surface area contributed by atoms with E-state index in [1.165, 1.54) is 31.2 Å². The normalized spacial score (nSPS) is 34.5. The number of rotatable bonds is 2. The Labute approximate surface area is 144 Å². The van der Waals surface area contributed by atoms with Gasteiger partial charge in [0.15, 0.2) is 0 Å². The predicted molar refractivity (Wildman–Crippen MR) is 93.4 cm³/mol. The van der Waals surface area contributed by atoms with Crippen LogP contribution in [0.1, 0.15) is 44.2 Å². The van der Waals surface area contributed by atoms with Gasteiger partial charge in [0.05, 0.1) is 0 Å². The molecule has 0 radical (unpaired) electrons. The smallest absolute Gasteiger partial charge is 0.251 e. The lowest BCUT2D eigenvalue weighted by Gasteiger charge is -2.55. The molecule has 1 aromatic carbocycles. The molecule has 0 spiro atoms. The molecule has 3 fully saturated rings. The minimum Gasteiger partial charge on any atom is -0.384 e. The highest BCUT2D eigenvalue weighted by Crippen LogP contribution is 2.44. The fraction of sp³-hybridized carbons (Fsp3) is 0.650. The fourth-order valence-electron chi connectivity index (χ4n) is 5.29. The summed E-state index contributed by atoms with van der Waals surface area (Å²) in [7, 11) is 0. The molecule has 3 aliphatic rings. The minimum atomic E-state index is -0.872. The van der Waals surface area contributed by atoms with Crippen LogP contribution in [0.25, 0.3) is 0 Å². The number of benzene rings is 1. The van der Waals surface area contributed by atoms with E-state index in [1.807, 2.05) is 4.90 Å². The Morgan fingerprint density at radius 3 is 2.71 bits per heavy atom. The number of amides is 1. The Balaban J connectivity index is 1.54. The largest absolute Gasteiger partial charge is 0.384 e. The van der Waals surface area contributed by atoms with Crippen molar-refractivity contribution in [3.63, 3.8) is 0 Å². The van der Waals surface area contributed by atoms with Crippen molar-refractivity contribution in [2.75, 3.05) is 19.6 Å². The highest BCUT2D eigenvalue weighted by atomic mass is 16.3. The molecule has 3 aliphatic heterocycles. The summed E-state index contributed by atoms with van der Waals surface area (Å²) in [6.07, 6.45) is 4.13. The second-order valence-electron chi connectivity index (χ2n) is 7.90. The van der Waals surface area contributed by atoms with E-state index in [9.17, 15) is 9.90 Å². The van der Waals surface area contributed by atoms with E-state index in [1.54, 1.807) is 6.92 Å². The molecule has 3 saturated heterocycles. The van der Waals surface area contributed by atoms with Crippen molar-refractivity contribution in [2.24, 2.45) is 11.8 Å². The molecule has 24 heavy (non-hydrogen) atoms. The molecular weight excluding hydrogens is 300 g/mol. The molecule has 4 nitrogen and oxygen atoms in total. The molecule has 1 aromatic rings. The van der Waals surface area contributed by atoms with E-state index in [4.69, 9.17) is 0 Å². The first-order chi connectivity index (χ1) is 11.6. The number of hydrogen-bond donors (Lipinski definition) is 1. The fourth-order valence-corrected chi connectivity index (χ4v) is 5.29. The average molecular weight is 328 g/mol. The van der Waals surface area contributed by atoms with Gasteiger partial charge in [-0.25, -0.2) is 0 Å². The summed E-state index contributed by atoms with van der Waals surface area (Å²) in [6, 6.07) is 12.0. The summed E-state index contributed by atoms with van der Waals surface area (Å²) in [5.41, 5.74) is 1.44. The number of carbonyl (C=O) groups excluding carboxylic acids is 1. The molecule has 1 amide bonds. The van der Waals surface area contributed by atoms with Crippen LogP contribution in [0.15, 0.2) is 30.3 Å². The number of carbonyl (C=O) groups is 1. The van der Waals surface area contributed by atoms with Crippen LogP contribution in [0.5, 0.6) is 0 Å². The van der Waals surface area contributed by atoms with Crippen LogP contribution in [0, 0.1) is 11.8 Å². The number of nitrogens with zero attached hydrogens (tertiary/aromatic N) is 2. The molecule has 1 N–H and O–H groups in total. The van der Waals surface area contributed by atoms with Crippen molar-refractivity contribution in [2.45, 2.75) is 50.8 Å². The number of fused-ring (bicyclic) bond motifs is 4. The van der Waals surface area contributed by atoms with Gasteiger partial charge in [-0.2, -0.15) is 0 Å². The number of likely N-dealkylation sites (tertiary alicyclic amines) is 1. The Bertz CT molecular complexity index is 589. The summed E-state index contributed by atoms with van der Waals surface area (Å²) in [5.74, 6) is 1.02. The van der Waals surface area contributed by atoms with Gasteiger partial charge < -0.3 is 10.0 Å². The van der Waals surface area contributed by atoms with E-state index in [2.05, 4.69) is 35.2 Å². The first kappa shape index (κ1) is 16.1. The third-order valence-electron chi connectivity index (χ3n) is 6.24. The number of hydrogen-bond acceptors (Lipinski definition) is 3. The summed E-state index contributed by atoms with van der Waals surface area (Å²) in [4.78, 5) is 16.9. The Hall–Kier alpha value is -1.39. The minimum absolute atomic E-state index is 0.0893. The zero-order chi connectivity index (χ0) is 16.7. The maximum Gasteiger partial charge on any atom is 0.251 e. The lowest BCUT2D eigenvalue weighted by atomic mass is 9.74. The molecule has 0 aliphatic carbocycles. The van der Waals surface area contributed by atoms with Gasteiger partial charge in [-0.3, -0.25) is 9.69 Å². The second-order valence-corrected chi connectivity index (χ2v) is 7.90. The van der Waals surface area contributed by atoms with E-state index < -0.39 is 6.10 Å². The summed E-state index contributed by atoms with van der Waals surface area (Å²) in [5, 5.41) is 9.66. The van der Waals surface area contributed by atoms with Crippen LogP contribution in [0.3, 0.4) is 0 Å². The summed E-state index contributed by atoms with van der Waals surface area (Å²) in [6.45, 7) is 4.31. The van der Waals surface area contributed by atoms with Crippen LogP contribution in [-0.2, 0) is 4.79 Å². The van der Waals surface area contributed by atoms with Gasteiger partial charge >= 0.3 is 0 Å². The number of aliphatic hydroxyl groups excluding tert-OH is 1. The third kappa shape index (κ3) is 2.86. The van der Waals surface area contributed by atoms with E-state index >= 15 is 0 Å². The molecule has 130 valence electrons. The molecule has 5 atom stereocenters. The van der Waals surface area contributed by atoms with Gasteiger partial charge in [0, 0.05) is 31.7 Å². The topological polar surface area (TPSA) is 43.8 Å². The first-order valence-electron chi connectivity index (χ1n) is 9.41. The Morgan fingerprint density at radius 1 is 1.17 bits per heavy atom. The van der Waals surface area contributed by atoms with E-state index in [-0.39, 0.29) is 5.91 Å². The van der Waals surface area contributed by atoms with Crippen molar-refractivity contribution in [1.82, 2.24) is 9.80 Å². The first-order valence-corrected chi connectivity index (χ1v) is 9.41. The molecular formula is C20H28N2O2. The van der Waals surface area contributed by atoms with E-state index in [0.29, 0.717) is 23.9 Å². The maximum absolute atomic E-state index is 12.2. The summed E-state index contributed by atoms with van der Waals surface area (Å²) < 4.78 is 0. The summed E-state index contributed by atoms with van der Waals surface area (Å²) >= 11 is 0. The Morgan fingerprint density at radius 2 is 1.96 bits per heavy atom. The lowest BCUT2D eigenvalue weighted by molar-refractivity contribution is -0.146. The monoisotopic (exact) mass is 328 g/mol. The zero-order valence-corrected chi connectivity index (χ0v) is 14.5. The van der Waals surface area contributed by atoms with Gasteiger partial charge in [0.1, 0.15) is 6.10 Å². The van der Waals surface area contributed by atoms with Crippen LogP contribution < -0.4 is 0 Å². The third-order valence-corrected chi connectivity index (χ3v) is 6.24. The SMILES string of the molecule is C[C@H](O)C(=O)N1C[C@@H]2C[C@H](C1)[C@@H]1CCC[C@H](c3ccccc3)N1C2. The quantitative estimate of drug-likeness (QED) is 0.907. The van der Waals surface area contributed by atoms with Crippen molar-refractivity contribution in [3.8, 4) is 0 Å². The zero-order valence-electron chi connectivity index (χ0n) is 14.5. The Kier molecular flexibility index (Phi) is 4.35. The van der Waals surface area contributed by atoms with Crippen molar-refractivity contribution in [1.29, 1.82) is 0 Å². The van der Waals surface area contributed by atoms with Crippen LogP contribution >= 0.6 is 0 Å². The van der Waals surface area contributed by atoms with Crippen molar-refractivity contribution >= 4 is 5.91 Å². The lowest BCUT2D eigenvalue weighted by Crippen LogP contribution is -2.61.